The molecular formula is C15H18N2OS. The summed E-state index contributed by atoms with van der Waals surface area (Å²) in [6.07, 6.45) is 3.59. The van der Waals surface area contributed by atoms with Gasteiger partial charge in [-0.05, 0) is 48.4 Å². The van der Waals surface area contributed by atoms with Crippen LogP contribution in [0.2, 0.25) is 0 Å². The fourth-order valence-electron chi connectivity index (χ4n) is 2.67. The minimum Gasteiger partial charge on any atom is -0.495 e. The predicted octanol–water partition coefficient (Wildman–Crippen LogP) is 3.83. The lowest BCUT2D eigenvalue weighted by Gasteiger charge is -2.25. The van der Waals surface area contributed by atoms with Gasteiger partial charge in [0.2, 0.25) is 0 Å². The van der Waals surface area contributed by atoms with Crippen molar-refractivity contribution in [3.63, 3.8) is 0 Å². The van der Waals surface area contributed by atoms with E-state index in [1.165, 1.54) is 23.3 Å². The number of para-hydroxylation sites is 1. The van der Waals surface area contributed by atoms with Crippen molar-refractivity contribution in [3.05, 3.63) is 40.1 Å². The van der Waals surface area contributed by atoms with Gasteiger partial charge in [0.25, 0.3) is 0 Å². The molecule has 1 aromatic carbocycles. The van der Waals surface area contributed by atoms with Crippen molar-refractivity contribution in [2.24, 2.45) is 0 Å². The number of thiophene rings is 1. The molecule has 1 aromatic heterocycles. The SMILES string of the molecule is COc1cccc(NC2CCCc3sccc32)c1N. The molecule has 1 atom stereocenters. The van der Waals surface area contributed by atoms with Crippen LogP contribution < -0.4 is 15.8 Å². The molecule has 1 unspecified atom stereocenters. The van der Waals surface area contributed by atoms with Crippen LogP contribution in [0.15, 0.2) is 29.6 Å². The first kappa shape index (κ1) is 12.4. The smallest absolute Gasteiger partial charge is 0.143 e. The molecule has 0 spiro atoms. The number of fused-ring (bicyclic) bond motifs is 1. The molecule has 3 N–H and O–H groups in total. The van der Waals surface area contributed by atoms with Gasteiger partial charge in [-0.2, -0.15) is 0 Å². The number of aryl methyl sites for hydroxylation is 1. The molecule has 0 fully saturated rings. The summed E-state index contributed by atoms with van der Waals surface area (Å²) >= 11 is 1.86. The van der Waals surface area contributed by atoms with Crippen LogP contribution in [0.1, 0.15) is 29.3 Å². The lowest BCUT2D eigenvalue weighted by atomic mass is 9.94. The Morgan fingerprint density at radius 1 is 1.37 bits per heavy atom. The Labute approximate surface area is 117 Å². The van der Waals surface area contributed by atoms with Crippen LogP contribution >= 0.6 is 11.3 Å². The van der Waals surface area contributed by atoms with Crippen LogP contribution in [0.5, 0.6) is 5.75 Å². The van der Waals surface area contributed by atoms with E-state index in [2.05, 4.69) is 16.8 Å². The third-order valence-electron chi connectivity index (χ3n) is 3.67. The zero-order chi connectivity index (χ0) is 13.2. The second kappa shape index (κ2) is 5.13. The monoisotopic (exact) mass is 274 g/mol. The molecule has 0 radical (unpaired) electrons. The van der Waals surface area contributed by atoms with Crippen molar-refractivity contribution in [1.29, 1.82) is 0 Å². The Balaban J connectivity index is 1.87. The van der Waals surface area contributed by atoms with Crippen LogP contribution in [0.3, 0.4) is 0 Å². The van der Waals surface area contributed by atoms with Gasteiger partial charge in [0.05, 0.1) is 24.5 Å². The van der Waals surface area contributed by atoms with E-state index in [9.17, 15) is 0 Å². The molecule has 0 saturated carbocycles. The summed E-state index contributed by atoms with van der Waals surface area (Å²) in [6, 6.07) is 8.46. The zero-order valence-electron chi connectivity index (χ0n) is 11.0. The molecule has 3 nitrogen and oxygen atoms in total. The lowest BCUT2D eigenvalue weighted by molar-refractivity contribution is 0.417. The molecule has 0 amide bonds. The fourth-order valence-corrected chi connectivity index (χ4v) is 3.66. The van der Waals surface area contributed by atoms with E-state index in [1.807, 2.05) is 29.5 Å². The molecule has 1 aliphatic rings. The summed E-state index contributed by atoms with van der Waals surface area (Å²) < 4.78 is 5.27. The standard InChI is InChI=1S/C15H18N2OS/c1-18-13-6-2-5-12(15(13)16)17-11-4-3-7-14-10(11)8-9-19-14/h2,5-6,8-9,11,17H,3-4,7,16H2,1H3. The molecular weight excluding hydrogens is 256 g/mol. The summed E-state index contributed by atoms with van der Waals surface area (Å²) in [5.74, 6) is 0.728. The van der Waals surface area contributed by atoms with Gasteiger partial charge in [0, 0.05) is 4.88 Å². The Morgan fingerprint density at radius 2 is 2.26 bits per heavy atom. The molecule has 4 heteroatoms. The maximum absolute atomic E-state index is 6.12. The number of nitrogens with one attached hydrogen (secondary N) is 1. The molecule has 1 aliphatic carbocycles. The molecule has 0 aliphatic heterocycles. The van der Waals surface area contributed by atoms with Crippen molar-refractivity contribution < 1.29 is 4.74 Å². The first-order valence-corrected chi connectivity index (χ1v) is 7.43. The van der Waals surface area contributed by atoms with Crippen LogP contribution in [-0.2, 0) is 6.42 Å². The maximum atomic E-state index is 6.12. The highest BCUT2D eigenvalue weighted by Crippen LogP contribution is 2.38. The number of rotatable bonds is 3. The number of nitrogens with two attached hydrogens (primary N) is 1. The van der Waals surface area contributed by atoms with Gasteiger partial charge in [-0.15, -0.1) is 11.3 Å². The van der Waals surface area contributed by atoms with E-state index in [4.69, 9.17) is 10.5 Å². The van der Waals surface area contributed by atoms with Gasteiger partial charge in [-0.1, -0.05) is 6.07 Å². The third-order valence-corrected chi connectivity index (χ3v) is 4.66. The van der Waals surface area contributed by atoms with Crippen LogP contribution in [0.4, 0.5) is 11.4 Å². The van der Waals surface area contributed by atoms with Crippen molar-refractivity contribution in [2.45, 2.75) is 25.3 Å². The van der Waals surface area contributed by atoms with E-state index in [0.717, 1.165) is 17.9 Å². The van der Waals surface area contributed by atoms with Gasteiger partial charge >= 0.3 is 0 Å². The molecule has 19 heavy (non-hydrogen) atoms. The minimum absolute atomic E-state index is 0.365. The summed E-state index contributed by atoms with van der Waals surface area (Å²) in [5.41, 5.74) is 9.20. The average Bonchev–Trinajstić information content (AvgIpc) is 2.90. The fraction of sp³-hybridized carbons (Fsp3) is 0.333. The number of methoxy groups -OCH3 is 1. The number of nitrogen functional groups attached to an aromatic ring is 1. The molecule has 100 valence electrons. The summed E-state index contributed by atoms with van der Waals surface area (Å²) in [6.45, 7) is 0. The van der Waals surface area contributed by atoms with E-state index in [-0.39, 0.29) is 0 Å². The first-order chi connectivity index (χ1) is 9.29. The summed E-state index contributed by atoms with van der Waals surface area (Å²) in [7, 11) is 1.65. The van der Waals surface area contributed by atoms with Crippen LogP contribution in [0, 0.1) is 0 Å². The van der Waals surface area contributed by atoms with Gasteiger partial charge in [-0.3, -0.25) is 0 Å². The van der Waals surface area contributed by atoms with E-state index >= 15 is 0 Å². The van der Waals surface area contributed by atoms with Crippen molar-refractivity contribution >= 4 is 22.7 Å². The maximum Gasteiger partial charge on any atom is 0.143 e. The van der Waals surface area contributed by atoms with Crippen molar-refractivity contribution in [2.75, 3.05) is 18.2 Å². The Kier molecular flexibility index (Phi) is 3.34. The van der Waals surface area contributed by atoms with Crippen molar-refractivity contribution in [3.8, 4) is 5.75 Å². The zero-order valence-corrected chi connectivity index (χ0v) is 11.8. The molecule has 2 aromatic rings. The normalized spacial score (nSPS) is 17.8. The second-order valence-electron chi connectivity index (χ2n) is 4.81. The number of hydrogen-bond donors (Lipinski definition) is 2. The highest BCUT2D eigenvalue weighted by Gasteiger charge is 2.21. The molecule has 3 rings (SSSR count). The first-order valence-electron chi connectivity index (χ1n) is 6.55. The number of anilines is 2. The van der Waals surface area contributed by atoms with E-state index < -0.39 is 0 Å². The molecule has 1 heterocycles. The number of benzene rings is 1. The molecule has 0 saturated heterocycles. The average molecular weight is 274 g/mol. The highest BCUT2D eigenvalue weighted by molar-refractivity contribution is 7.10. The largest absolute Gasteiger partial charge is 0.495 e. The molecule has 0 bridgehead atoms. The number of hydrogen-bond acceptors (Lipinski definition) is 4. The third kappa shape index (κ3) is 2.28. The van der Waals surface area contributed by atoms with Gasteiger partial charge in [0.15, 0.2) is 0 Å². The Hall–Kier alpha value is -1.68. The summed E-state index contributed by atoms with van der Waals surface area (Å²) in [5, 5.41) is 5.75. The van der Waals surface area contributed by atoms with Gasteiger partial charge in [-0.25, -0.2) is 0 Å². The lowest BCUT2D eigenvalue weighted by Crippen LogP contribution is -2.16. The second-order valence-corrected chi connectivity index (χ2v) is 5.81. The highest BCUT2D eigenvalue weighted by atomic mass is 32.1. The number of ether oxygens (including phenoxy) is 1. The quantitative estimate of drug-likeness (QED) is 0.836. The topological polar surface area (TPSA) is 47.3 Å². The Morgan fingerprint density at radius 3 is 3.11 bits per heavy atom. The van der Waals surface area contributed by atoms with E-state index in [0.29, 0.717) is 11.7 Å². The van der Waals surface area contributed by atoms with E-state index in [1.54, 1.807) is 7.11 Å². The van der Waals surface area contributed by atoms with Crippen LogP contribution in [-0.4, -0.2) is 7.11 Å². The van der Waals surface area contributed by atoms with Crippen molar-refractivity contribution in [1.82, 2.24) is 0 Å². The van der Waals surface area contributed by atoms with Crippen LogP contribution in [0.25, 0.3) is 0 Å². The predicted molar refractivity (Wildman–Crippen MR) is 81.0 cm³/mol. The minimum atomic E-state index is 0.365. The Bertz CT molecular complexity index is 579. The van der Waals surface area contributed by atoms with Gasteiger partial charge in [0.1, 0.15) is 5.75 Å². The summed E-state index contributed by atoms with van der Waals surface area (Å²) in [4.78, 5) is 1.50. The van der Waals surface area contributed by atoms with Gasteiger partial charge < -0.3 is 15.8 Å².